The smallest absolute Gasteiger partial charge is 0.392 e. The molecule has 202 valence electrons. The Morgan fingerprint density at radius 3 is 2.33 bits per heavy atom. The van der Waals surface area contributed by atoms with Crippen molar-refractivity contribution < 1.29 is 27.8 Å². The van der Waals surface area contributed by atoms with Gasteiger partial charge in [-0.1, -0.05) is 12.1 Å². The van der Waals surface area contributed by atoms with Gasteiger partial charge in [-0.2, -0.15) is 18.3 Å². The first kappa shape index (κ1) is 25.1. The zero-order valence-corrected chi connectivity index (χ0v) is 20.5. The Bertz CT molecular complexity index is 1510. The molecule has 2 bridgehead atoms. The fourth-order valence-electron chi connectivity index (χ4n) is 4.92. The first-order chi connectivity index (χ1) is 18.8. The van der Waals surface area contributed by atoms with Gasteiger partial charge in [-0.25, -0.2) is 19.4 Å². The summed E-state index contributed by atoms with van der Waals surface area (Å²) in [5.41, 5.74) is 2.47. The SMILES string of the molecule is O=C(Nc1ccc(CO)cc1)Nc1ccc(-c2nc(N3C[C@@H]4C[C@H]3CO4)c3cnn(CC(F)(F)F)c3n2)cc1. The standard InChI is InChI=1S/C26H24F3N7O3/c27-26(28,29)14-36-24-21(10-30-36)23(35-11-20-9-19(35)13-39-20)33-22(34-24)16-3-7-18(8-4-16)32-25(38)31-17-5-1-15(12-37)2-6-17/h1-8,10,19-20,37H,9,11-14H2,(H2,31,32,38)/t19-,20-/m0/s1. The number of ether oxygens (including phenoxy) is 1. The van der Waals surface area contributed by atoms with E-state index in [0.29, 0.717) is 41.3 Å². The number of anilines is 3. The lowest BCUT2D eigenvalue weighted by Crippen LogP contribution is -2.37. The number of nitrogens with zero attached hydrogens (tertiary/aromatic N) is 5. The number of hydrogen-bond acceptors (Lipinski definition) is 7. The molecule has 2 aliphatic heterocycles. The molecule has 0 radical (unpaired) electrons. The van der Waals surface area contributed by atoms with Crippen LogP contribution in [0.1, 0.15) is 12.0 Å². The summed E-state index contributed by atoms with van der Waals surface area (Å²) < 4.78 is 46.2. The van der Waals surface area contributed by atoms with Gasteiger partial charge in [0, 0.05) is 23.5 Å². The lowest BCUT2D eigenvalue weighted by Gasteiger charge is -2.28. The van der Waals surface area contributed by atoms with Gasteiger partial charge in [0.15, 0.2) is 11.5 Å². The summed E-state index contributed by atoms with van der Waals surface area (Å²) in [6, 6.07) is 13.1. The molecule has 13 heteroatoms. The summed E-state index contributed by atoms with van der Waals surface area (Å²) in [7, 11) is 0. The molecule has 2 fully saturated rings. The van der Waals surface area contributed by atoms with Crippen LogP contribution in [-0.4, -0.2) is 62.4 Å². The Kier molecular flexibility index (Phi) is 6.31. The first-order valence-corrected chi connectivity index (χ1v) is 12.3. The normalized spacial score (nSPS) is 18.6. The van der Waals surface area contributed by atoms with Crippen molar-refractivity contribution in [1.29, 1.82) is 0 Å². The quantitative estimate of drug-likeness (QED) is 0.337. The number of amides is 2. The second-order valence-corrected chi connectivity index (χ2v) is 9.53. The van der Waals surface area contributed by atoms with E-state index in [0.717, 1.165) is 16.7 Å². The van der Waals surface area contributed by atoms with Crippen LogP contribution in [0.3, 0.4) is 0 Å². The predicted octanol–water partition coefficient (Wildman–Crippen LogP) is 4.17. The highest BCUT2D eigenvalue weighted by atomic mass is 19.4. The molecule has 2 saturated heterocycles. The molecule has 0 aliphatic carbocycles. The topological polar surface area (TPSA) is 117 Å². The molecule has 2 aromatic carbocycles. The lowest BCUT2D eigenvalue weighted by atomic mass is 10.2. The maximum atomic E-state index is 13.2. The number of alkyl halides is 3. The van der Waals surface area contributed by atoms with Crippen molar-refractivity contribution >= 4 is 34.3 Å². The second kappa shape index (κ2) is 9.82. The van der Waals surface area contributed by atoms with E-state index in [1.54, 1.807) is 48.5 Å². The summed E-state index contributed by atoms with van der Waals surface area (Å²) >= 11 is 0. The number of benzene rings is 2. The van der Waals surface area contributed by atoms with Gasteiger partial charge < -0.3 is 25.4 Å². The molecule has 2 atom stereocenters. The van der Waals surface area contributed by atoms with Crippen LogP contribution in [0.4, 0.5) is 35.2 Å². The zero-order valence-electron chi connectivity index (χ0n) is 20.5. The number of carbonyl (C=O) groups is 1. The zero-order chi connectivity index (χ0) is 27.1. The highest BCUT2D eigenvalue weighted by molar-refractivity contribution is 5.99. The fraction of sp³-hybridized carbons (Fsp3) is 0.308. The minimum absolute atomic E-state index is 0.0674. The highest BCUT2D eigenvalue weighted by Gasteiger charge is 2.41. The molecule has 2 aliphatic rings. The Morgan fingerprint density at radius 1 is 1.05 bits per heavy atom. The number of morpholine rings is 1. The third-order valence-electron chi connectivity index (χ3n) is 6.77. The molecular formula is C26H24F3N7O3. The van der Waals surface area contributed by atoms with Crippen molar-refractivity contribution in [3.63, 3.8) is 0 Å². The van der Waals surface area contributed by atoms with Crippen LogP contribution in [0, 0.1) is 0 Å². The van der Waals surface area contributed by atoms with E-state index < -0.39 is 18.8 Å². The maximum Gasteiger partial charge on any atom is 0.408 e. The number of aliphatic hydroxyl groups excluding tert-OH is 1. The van der Waals surface area contributed by atoms with E-state index in [1.807, 2.05) is 0 Å². The van der Waals surface area contributed by atoms with Crippen molar-refractivity contribution in [2.24, 2.45) is 0 Å². The molecule has 39 heavy (non-hydrogen) atoms. The van der Waals surface area contributed by atoms with E-state index in [9.17, 15) is 18.0 Å². The molecule has 4 heterocycles. The van der Waals surface area contributed by atoms with Gasteiger partial charge in [-0.3, -0.25) is 0 Å². The minimum Gasteiger partial charge on any atom is -0.392 e. The largest absolute Gasteiger partial charge is 0.408 e. The number of hydrogen-bond donors (Lipinski definition) is 3. The third-order valence-corrected chi connectivity index (χ3v) is 6.77. The van der Waals surface area contributed by atoms with E-state index >= 15 is 0 Å². The molecule has 4 aromatic rings. The number of nitrogens with one attached hydrogen (secondary N) is 2. The lowest BCUT2D eigenvalue weighted by molar-refractivity contribution is -0.141. The Labute approximate surface area is 220 Å². The molecule has 0 unspecified atom stereocenters. The second-order valence-electron chi connectivity index (χ2n) is 9.53. The monoisotopic (exact) mass is 539 g/mol. The number of aliphatic hydroxyl groups is 1. The molecule has 2 amide bonds. The van der Waals surface area contributed by atoms with Gasteiger partial charge in [-0.15, -0.1) is 0 Å². The van der Waals surface area contributed by atoms with E-state index in [4.69, 9.17) is 14.8 Å². The number of carbonyl (C=O) groups excluding carboxylic acids is 1. The molecule has 10 nitrogen and oxygen atoms in total. The molecule has 6 rings (SSSR count). The van der Waals surface area contributed by atoms with Crippen LogP contribution < -0.4 is 15.5 Å². The number of halogens is 3. The minimum atomic E-state index is -4.46. The highest BCUT2D eigenvalue weighted by Crippen LogP contribution is 2.36. The molecule has 3 N–H and O–H groups in total. The van der Waals surface area contributed by atoms with Gasteiger partial charge in [-0.05, 0) is 48.4 Å². The van der Waals surface area contributed by atoms with Crippen molar-refractivity contribution in [2.75, 3.05) is 28.7 Å². The summed E-state index contributed by atoms with van der Waals surface area (Å²) in [5, 5.41) is 19.0. The van der Waals surface area contributed by atoms with Crippen LogP contribution in [-0.2, 0) is 17.9 Å². The van der Waals surface area contributed by atoms with Gasteiger partial charge in [0.05, 0.1) is 36.9 Å². The van der Waals surface area contributed by atoms with Gasteiger partial charge >= 0.3 is 12.2 Å². The summed E-state index contributed by atoms with van der Waals surface area (Å²) in [4.78, 5) is 23.7. The maximum absolute atomic E-state index is 13.2. The summed E-state index contributed by atoms with van der Waals surface area (Å²) in [6.45, 7) is -0.213. The average Bonchev–Trinajstić information content (AvgIpc) is 3.65. The number of rotatable bonds is 6. The average molecular weight is 540 g/mol. The van der Waals surface area contributed by atoms with Crippen LogP contribution in [0.5, 0.6) is 0 Å². The van der Waals surface area contributed by atoms with Crippen LogP contribution in [0.25, 0.3) is 22.4 Å². The fourth-order valence-corrected chi connectivity index (χ4v) is 4.92. The number of urea groups is 1. The van der Waals surface area contributed by atoms with Crippen LogP contribution >= 0.6 is 0 Å². The summed E-state index contributed by atoms with van der Waals surface area (Å²) in [5.74, 6) is 0.790. The predicted molar refractivity (Wildman–Crippen MR) is 137 cm³/mol. The van der Waals surface area contributed by atoms with Gasteiger partial charge in [0.1, 0.15) is 12.4 Å². The molecular weight excluding hydrogens is 515 g/mol. The van der Waals surface area contributed by atoms with Gasteiger partial charge in [0.2, 0.25) is 0 Å². The van der Waals surface area contributed by atoms with Crippen molar-refractivity contribution in [1.82, 2.24) is 19.7 Å². The van der Waals surface area contributed by atoms with E-state index in [2.05, 4.69) is 25.6 Å². The van der Waals surface area contributed by atoms with E-state index in [1.165, 1.54) is 6.20 Å². The van der Waals surface area contributed by atoms with Crippen LogP contribution in [0.15, 0.2) is 54.7 Å². The Hall–Kier alpha value is -4.23. The summed E-state index contributed by atoms with van der Waals surface area (Å²) in [6.07, 6.45) is -2.17. The van der Waals surface area contributed by atoms with Crippen molar-refractivity contribution in [2.45, 2.75) is 37.9 Å². The Balaban J connectivity index is 1.27. The third kappa shape index (κ3) is 5.22. The van der Waals surface area contributed by atoms with E-state index in [-0.39, 0.29) is 30.2 Å². The first-order valence-electron chi connectivity index (χ1n) is 12.3. The Morgan fingerprint density at radius 2 is 1.74 bits per heavy atom. The number of fused-ring (bicyclic) bond motifs is 3. The van der Waals surface area contributed by atoms with Crippen molar-refractivity contribution in [3.05, 3.63) is 60.3 Å². The van der Waals surface area contributed by atoms with Crippen molar-refractivity contribution in [3.8, 4) is 11.4 Å². The number of aromatic nitrogens is 4. The molecule has 0 saturated carbocycles. The molecule has 2 aromatic heterocycles. The van der Waals surface area contributed by atoms with Crippen LogP contribution in [0.2, 0.25) is 0 Å². The van der Waals surface area contributed by atoms with Gasteiger partial charge in [0.25, 0.3) is 0 Å². The molecule has 0 spiro atoms.